The van der Waals surface area contributed by atoms with Crippen molar-refractivity contribution in [2.45, 2.75) is 45.6 Å². The van der Waals surface area contributed by atoms with Gasteiger partial charge in [0, 0.05) is 0 Å². The summed E-state index contributed by atoms with van der Waals surface area (Å²) in [5.74, 6) is -0.928. The van der Waals surface area contributed by atoms with Gasteiger partial charge < -0.3 is 9.53 Å². The van der Waals surface area contributed by atoms with Crippen LogP contribution in [-0.4, -0.2) is 35.6 Å². The molecule has 1 aliphatic heterocycles. The molecule has 5 heteroatoms. The topological polar surface area (TPSA) is 55.8 Å². The molecule has 1 aliphatic rings. The van der Waals surface area contributed by atoms with Crippen molar-refractivity contribution >= 4 is 12.3 Å². The Balaban J connectivity index is 2.17. The van der Waals surface area contributed by atoms with Crippen molar-refractivity contribution in [1.29, 1.82) is 0 Å². The Kier molecular flexibility index (Phi) is 5.09. The van der Waals surface area contributed by atoms with Crippen LogP contribution in [0.2, 0.25) is 0 Å². The highest BCUT2D eigenvalue weighted by Gasteiger charge is 2.46. The zero-order chi connectivity index (χ0) is 15.4. The number of rotatable bonds is 5. The molecule has 0 amide bonds. The smallest absolute Gasteiger partial charge is 0.326 e. The predicted molar refractivity (Wildman–Crippen MR) is 77.1 cm³/mol. The Labute approximate surface area is 124 Å². The van der Waals surface area contributed by atoms with Crippen molar-refractivity contribution in [2.75, 3.05) is 0 Å². The van der Waals surface area contributed by atoms with Gasteiger partial charge in [-0.1, -0.05) is 30.3 Å². The third-order valence-electron chi connectivity index (χ3n) is 3.45. The molecule has 0 saturated carbocycles. The van der Waals surface area contributed by atoms with E-state index >= 15 is 0 Å². The molecular formula is C16H21NO4. The van der Waals surface area contributed by atoms with Gasteiger partial charge in [0.25, 0.3) is 0 Å². The van der Waals surface area contributed by atoms with E-state index in [1.54, 1.807) is 25.8 Å². The second-order valence-corrected chi connectivity index (χ2v) is 5.52. The molecular weight excluding hydrogens is 270 g/mol. The highest BCUT2D eigenvalue weighted by molar-refractivity contribution is 5.81. The summed E-state index contributed by atoms with van der Waals surface area (Å²) in [4.78, 5) is 29.3. The SMILES string of the molecule is CC(C)OC(=O)[C@@H]1[C@H](C=O)[C@@H](C)ON1Cc1ccccc1. The molecule has 1 aromatic rings. The van der Waals surface area contributed by atoms with Crippen molar-refractivity contribution in [1.82, 2.24) is 5.06 Å². The number of hydrogen-bond donors (Lipinski definition) is 0. The van der Waals surface area contributed by atoms with Crippen LogP contribution in [-0.2, 0) is 25.7 Å². The van der Waals surface area contributed by atoms with E-state index in [9.17, 15) is 9.59 Å². The van der Waals surface area contributed by atoms with Crippen LogP contribution in [0.1, 0.15) is 26.3 Å². The molecule has 1 saturated heterocycles. The molecule has 114 valence electrons. The lowest BCUT2D eigenvalue weighted by Gasteiger charge is -2.23. The molecule has 1 aromatic carbocycles. The van der Waals surface area contributed by atoms with E-state index in [1.165, 1.54) is 0 Å². The van der Waals surface area contributed by atoms with Gasteiger partial charge in [-0.05, 0) is 26.3 Å². The van der Waals surface area contributed by atoms with Crippen molar-refractivity contribution in [3.05, 3.63) is 35.9 Å². The molecule has 2 rings (SSSR count). The van der Waals surface area contributed by atoms with Gasteiger partial charge in [-0.25, -0.2) is 0 Å². The second kappa shape index (κ2) is 6.83. The van der Waals surface area contributed by atoms with E-state index in [4.69, 9.17) is 9.57 Å². The molecule has 1 heterocycles. The van der Waals surface area contributed by atoms with Crippen LogP contribution in [0.15, 0.2) is 30.3 Å². The van der Waals surface area contributed by atoms with Crippen LogP contribution in [0, 0.1) is 5.92 Å². The van der Waals surface area contributed by atoms with Crippen LogP contribution in [0.25, 0.3) is 0 Å². The molecule has 5 nitrogen and oxygen atoms in total. The van der Waals surface area contributed by atoms with Crippen LogP contribution < -0.4 is 0 Å². The second-order valence-electron chi connectivity index (χ2n) is 5.52. The Morgan fingerprint density at radius 3 is 2.62 bits per heavy atom. The highest BCUT2D eigenvalue weighted by atomic mass is 16.7. The quantitative estimate of drug-likeness (QED) is 0.613. The first-order valence-electron chi connectivity index (χ1n) is 7.16. The zero-order valence-corrected chi connectivity index (χ0v) is 12.6. The minimum atomic E-state index is -0.694. The minimum Gasteiger partial charge on any atom is -0.462 e. The van der Waals surface area contributed by atoms with E-state index in [0.717, 1.165) is 11.8 Å². The molecule has 3 atom stereocenters. The fourth-order valence-corrected chi connectivity index (χ4v) is 2.46. The fourth-order valence-electron chi connectivity index (χ4n) is 2.46. The summed E-state index contributed by atoms with van der Waals surface area (Å²) in [6.45, 7) is 5.80. The molecule has 0 aliphatic carbocycles. The van der Waals surface area contributed by atoms with E-state index in [0.29, 0.717) is 6.54 Å². The Morgan fingerprint density at radius 1 is 1.38 bits per heavy atom. The van der Waals surface area contributed by atoms with E-state index in [2.05, 4.69) is 0 Å². The maximum absolute atomic E-state index is 12.3. The number of carbonyl (C=O) groups excluding carboxylic acids is 2. The molecule has 0 spiro atoms. The van der Waals surface area contributed by atoms with Crippen molar-refractivity contribution in [2.24, 2.45) is 5.92 Å². The highest BCUT2D eigenvalue weighted by Crippen LogP contribution is 2.29. The number of benzene rings is 1. The summed E-state index contributed by atoms with van der Waals surface area (Å²) in [6, 6.07) is 8.98. The van der Waals surface area contributed by atoms with Gasteiger partial charge in [-0.3, -0.25) is 9.63 Å². The van der Waals surface area contributed by atoms with E-state index < -0.39 is 17.9 Å². The van der Waals surface area contributed by atoms with Crippen molar-refractivity contribution in [3.63, 3.8) is 0 Å². The number of esters is 1. The molecule has 0 aromatic heterocycles. The van der Waals surface area contributed by atoms with E-state index in [-0.39, 0.29) is 12.2 Å². The van der Waals surface area contributed by atoms with Crippen LogP contribution in [0.3, 0.4) is 0 Å². The average molecular weight is 291 g/mol. The van der Waals surface area contributed by atoms with Crippen molar-refractivity contribution in [3.8, 4) is 0 Å². The number of hydrogen-bond acceptors (Lipinski definition) is 5. The maximum atomic E-state index is 12.3. The Bertz CT molecular complexity index is 488. The van der Waals surface area contributed by atoms with E-state index in [1.807, 2.05) is 30.3 Å². The molecule has 21 heavy (non-hydrogen) atoms. The van der Waals surface area contributed by atoms with Gasteiger partial charge in [0.2, 0.25) is 0 Å². The number of aldehydes is 1. The summed E-state index contributed by atoms with van der Waals surface area (Å²) >= 11 is 0. The molecule has 1 fully saturated rings. The monoisotopic (exact) mass is 291 g/mol. The number of carbonyl (C=O) groups is 2. The first kappa shape index (κ1) is 15.7. The number of hydroxylamine groups is 2. The molecule has 0 unspecified atom stereocenters. The maximum Gasteiger partial charge on any atom is 0.326 e. The lowest BCUT2D eigenvalue weighted by molar-refractivity contribution is -0.186. The predicted octanol–water partition coefficient (Wildman–Crippen LogP) is 1.96. The summed E-state index contributed by atoms with van der Waals surface area (Å²) in [7, 11) is 0. The van der Waals surface area contributed by atoms with Crippen LogP contribution in [0.4, 0.5) is 0 Å². The molecule has 0 radical (unpaired) electrons. The summed E-state index contributed by atoms with van der Waals surface area (Å²) in [5.41, 5.74) is 1.01. The molecule has 0 N–H and O–H groups in total. The lowest BCUT2D eigenvalue weighted by atomic mass is 9.97. The first-order chi connectivity index (χ1) is 10.0. The van der Waals surface area contributed by atoms with Gasteiger partial charge in [0.05, 0.1) is 24.7 Å². The van der Waals surface area contributed by atoms with Gasteiger partial charge in [0.15, 0.2) is 0 Å². The minimum absolute atomic E-state index is 0.223. The summed E-state index contributed by atoms with van der Waals surface area (Å²) < 4.78 is 5.26. The van der Waals surface area contributed by atoms with Crippen molar-refractivity contribution < 1.29 is 19.2 Å². The first-order valence-corrected chi connectivity index (χ1v) is 7.16. The Morgan fingerprint density at radius 2 is 2.05 bits per heavy atom. The average Bonchev–Trinajstić information content (AvgIpc) is 2.74. The number of nitrogens with zero attached hydrogens (tertiary/aromatic N) is 1. The van der Waals surface area contributed by atoms with Crippen LogP contribution >= 0.6 is 0 Å². The van der Waals surface area contributed by atoms with Gasteiger partial charge in [-0.2, -0.15) is 5.06 Å². The number of ether oxygens (including phenoxy) is 1. The van der Waals surface area contributed by atoms with Gasteiger partial charge in [0.1, 0.15) is 12.3 Å². The third kappa shape index (κ3) is 3.68. The zero-order valence-electron chi connectivity index (χ0n) is 12.6. The van der Waals surface area contributed by atoms with Crippen LogP contribution in [0.5, 0.6) is 0 Å². The standard InChI is InChI=1S/C16H21NO4/c1-11(2)20-16(19)15-14(10-18)12(3)21-17(15)9-13-7-5-4-6-8-13/h4-8,10-12,14-15H,9H2,1-3H3/t12-,14-,15+/m1/s1. The molecule has 0 bridgehead atoms. The van der Waals surface area contributed by atoms with Gasteiger partial charge in [-0.15, -0.1) is 0 Å². The largest absolute Gasteiger partial charge is 0.462 e. The summed E-state index contributed by atoms with van der Waals surface area (Å²) in [5, 5.41) is 1.56. The fraction of sp³-hybridized carbons (Fsp3) is 0.500. The third-order valence-corrected chi connectivity index (χ3v) is 3.45. The van der Waals surface area contributed by atoms with Gasteiger partial charge >= 0.3 is 5.97 Å². The normalized spacial score (nSPS) is 26.0. The summed E-state index contributed by atoms with van der Waals surface area (Å²) in [6.07, 6.45) is 0.220. The Hall–Kier alpha value is -1.72. The lowest BCUT2D eigenvalue weighted by Crippen LogP contribution is -2.41.